The first kappa shape index (κ1) is 27.6. The summed E-state index contributed by atoms with van der Waals surface area (Å²) >= 11 is 1.61. The maximum absolute atomic E-state index is 11.6. The van der Waals surface area contributed by atoms with Gasteiger partial charge in [0.1, 0.15) is 10.8 Å². The molecule has 40 heavy (non-hydrogen) atoms. The molecule has 202 valence electrons. The second kappa shape index (κ2) is 10.9. The topological polar surface area (TPSA) is 58.9 Å². The van der Waals surface area contributed by atoms with E-state index in [1.165, 1.54) is 0 Å². The molecule has 3 aromatic carbocycles. The molecule has 0 fully saturated rings. The van der Waals surface area contributed by atoms with Gasteiger partial charge in [0, 0.05) is 27.8 Å². The van der Waals surface area contributed by atoms with Crippen LogP contribution in [0, 0.1) is 0 Å². The van der Waals surface area contributed by atoms with E-state index >= 15 is 0 Å². The van der Waals surface area contributed by atoms with E-state index in [0.29, 0.717) is 11.4 Å². The normalized spacial score (nSPS) is 11.9. The summed E-state index contributed by atoms with van der Waals surface area (Å²) < 4.78 is 0. The van der Waals surface area contributed by atoms with E-state index in [9.17, 15) is 5.11 Å². The van der Waals surface area contributed by atoms with Gasteiger partial charge in [-0.05, 0) is 52.8 Å². The molecule has 4 nitrogen and oxygen atoms in total. The van der Waals surface area contributed by atoms with Gasteiger partial charge in [-0.3, -0.25) is 0 Å². The lowest BCUT2D eigenvalue weighted by Gasteiger charge is -2.27. The average Bonchev–Trinajstić information content (AvgIpc) is 2.93. The third-order valence-corrected chi connectivity index (χ3v) is 7.75. The monoisotopic (exact) mass is 545 g/mol. The maximum Gasteiger partial charge on any atom is 0.164 e. The van der Waals surface area contributed by atoms with Crippen LogP contribution in [0.2, 0.25) is 0 Å². The summed E-state index contributed by atoms with van der Waals surface area (Å²) in [7, 11) is 0. The highest BCUT2D eigenvalue weighted by Crippen LogP contribution is 2.42. The van der Waals surface area contributed by atoms with Gasteiger partial charge in [0.05, 0.1) is 17.0 Å². The molecule has 5 aromatic rings. The number of hydrogen-bond acceptors (Lipinski definition) is 5. The summed E-state index contributed by atoms with van der Waals surface area (Å²) in [6.45, 7) is 12.9. The molecule has 0 aliphatic carbocycles. The Labute approximate surface area is 241 Å². The van der Waals surface area contributed by atoms with Gasteiger partial charge in [-0.25, -0.2) is 15.0 Å². The van der Waals surface area contributed by atoms with E-state index in [1.807, 2.05) is 54.6 Å². The number of nitrogens with zero attached hydrogens (tertiary/aromatic N) is 3. The second-order valence-electron chi connectivity index (χ2n) is 12.0. The van der Waals surface area contributed by atoms with Crippen molar-refractivity contribution >= 4 is 11.8 Å². The largest absolute Gasteiger partial charge is 0.507 e. The minimum atomic E-state index is -0.253. The zero-order valence-electron chi connectivity index (χ0n) is 23.9. The summed E-state index contributed by atoms with van der Waals surface area (Å²) in [4.78, 5) is 15.6. The van der Waals surface area contributed by atoms with Crippen LogP contribution in [0.25, 0.3) is 33.9 Å². The number of rotatable bonds is 5. The van der Waals surface area contributed by atoms with Crippen LogP contribution in [0.4, 0.5) is 0 Å². The molecule has 0 saturated carbocycles. The molecule has 0 saturated heterocycles. The van der Waals surface area contributed by atoms with Crippen molar-refractivity contribution in [1.82, 2.24) is 15.0 Å². The number of benzene rings is 3. The Balaban J connectivity index is 1.71. The summed E-state index contributed by atoms with van der Waals surface area (Å²) in [5.41, 5.74) is 5.88. The Morgan fingerprint density at radius 3 is 1.98 bits per heavy atom. The fourth-order valence-corrected chi connectivity index (χ4v) is 5.36. The van der Waals surface area contributed by atoms with Crippen molar-refractivity contribution in [3.8, 4) is 39.7 Å². The van der Waals surface area contributed by atoms with Crippen LogP contribution >= 0.6 is 11.8 Å². The second-order valence-corrected chi connectivity index (χ2v) is 13.1. The van der Waals surface area contributed by atoms with E-state index < -0.39 is 0 Å². The van der Waals surface area contributed by atoms with Crippen LogP contribution < -0.4 is 0 Å². The number of aromatic nitrogens is 3. The molecule has 0 atom stereocenters. The number of hydrogen-bond donors (Lipinski definition) is 1. The number of pyridine rings is 1. The Hall–Kier alpha value is -3.96. The van der Waals surface area contributed by atoms with Crippen molar-refractivity contribution in [2.75, 3.05) is 0 Å². The highest BCUT2D eigenvalue weighted by molar-refractivity contribution is 7.99. The predicted octanol–water partition coefficient (Wildman–Crippen LogP) is 9.32. The first-order valence-corrected chi connectivity index (χ1v) is 14.3. The zero-order chi connectivity index (χ0) is 28.5. The quantitative estimate of drug-likeness (QED) is 0.238. The van der Waals surface area contributed by atoms with Gasteiger partial charge >= 0.3 is 0 Å². The summed E-state index contributed by atoms with van der Waals surface area (Å²) in [6, 6.07) is 30.6. The molecule has 0 aliphatic heterocycles. The standard InChI is InChI=1S/C35H35N3OS/c1-34(2,3)25-20-27(32(39)28(21-25)35(4,5)6)33-37-29(23-13-8-7-9-14-23)22-30(38-33)24-15-12-16-26(19-24)40-31-17-10-11-18-36-31/h7-22,39H,1-6H3. The maximum atomic E-state index is 11.6. The SMILES string of the molecule is CC(C)(C)c1cc(-c2nc(-c3ccccc3)cc(-c3cccc(Sc4ccccn4)c3)n2)c(O)c(C(C)(C)C)c1. The molecule has 5 heteroatoms. The molecule has 0 bridgehead atoms. The Bertz CT molecular complexity index is 1640. The van der Waals surface area contributed by atoms with Crippen molar-refractivity contribution < 1.29 is 5.11 Å². The van der Waals surface area contributed by atoms with Crippen LogP contribution in [0.5, 0.6) is 5.75 Å². The minimum Gasteiger partial charge on any atom is -0.507 e. The Morgan fingerprint density at radius 1 is 0.650 bits per heavy atom. The molecule has 1 N–H and O–H groups in total. The lowest BCUT2D eigenvalue weighted by molar-refractivity contribution is 0.446. The first-order chi connectivity index (χ1) is 19.0. The van der Waals surface area contributed by atoms with Gasteiger partial charge in [-0.2, -0.15) is 0 Å². The summed E-state index contributed by atoms with van der Waals surface area (Å²) in [6.07, 6.45) is 1.80. The van der Waals surface area contributed by atoms with Crippen LogP contribution in [-0.2, 0) is 10.8 Å². The van der Waals surface area contributed by atoms with Gasteiger partial charge in [0.2, 0.25) is 0 Å². The van der Waals surface area contributed by atoms with E-state index in [2.05, 4.69) is 82.9 Å². The number of phenols is 1. The molecule has 0 amide bonds. The third kappa shape index (κ3) is 6.10. The fourth-order valence-electron chi connectivity index (χ4n) is 4.53. The predicted molar refractivity (Wildman–Crippen MR) is 166 cm³/mol. The molecule has 0 aliphatic rings. The van der Waals surface area contributed by atoms with Gasteiger partial charge in [0.25, 0.3) is 0 Å². The molecule has 0 unspecified atom stereocenters. The van der Waals surface area contributed by atoms with Gasteiger partial charge < -0.3 is 5.11 Å². The number of aromatic hydroxyl groups is 1. The average molecular weight is 546 g/mol. The van der Waals surface area contributed by atoms with E-state index in [1.54, 1.807) is 18.0 Å². The highest BCUT2D eigenvalue weighted by atomic mass is 32.2. The highest BCUT2D eigenvalue weighted by Gasteiger charge is 2.27. The minimum absolute atomic E-state index is 0.112. The van der Waals surface area contributed by atoms with E-state index in [4.69, 9.17) is 9.97 Å². The van der Waals surface area contributed by atoms with E-state index in [0.717, 1.165) is 43.6 Å². The lowest BCUT2D eigenvalue weighted by Crippen LogP contribution is -2.17. The third-order valence-electron chi connectivity index (χ3n) is 6.81. The molecular formula is C35H35N3OS. The summed E-state index contributed by atoms with van der Waals surface area (Å²) in [5.74, 6) is 0.740. The smallest absolute Gasteiger partial charge is 0.164 e. The van der Waals surface area contributed by atoms with Gasteiger partial charge in [0.15, 0.2) is 5.82 Å². The van der Waals surface area contributed by atoms with Crippen LogP contribution in [0.15, 0.2) is 107 Å². The first-order valence-electron chi connectivity index (χ1n) is 13.5. The van der Waals surface area contributed by atoms with Gasteiger partial charge in [-0.1, -0.05) is 108 Å². The molecule has 0 spiro atoms. The molecular weight excluding hydrogens is 510 g/mol. The van der Waals surface area contributed by atoms with Crippen molar-refractivity contribution in [1.29, 1.82) is 0 Å². The van der Waals surface area contributed by atoms with Crippen molar-refractivity contribution in [3.05, 3.63) is 108 Å². The van der Waals surface area contributed by atoms with Crippen LogP contribution in [-0.4, -0.2) is 20.1 Å². The number of phenolic OH excluding ortho intramolecular Hbond substituents is 1. The lowest BCUT2D eigenvalue weighted by atomic mass is 9.79. The van der Waals surface area contributed by atoms with Crippen molar-refractivity contribution in [2.45, 2.75) is 62.3 Å². The molecule has 2 heterocycles. The van der Waals surface area contributed by atoms with Crippen molar-refractivity contribution in [2.24, 2.45) is 0 Å². The molecule has 5 rings (SSSR count). The van der Waals surface area contributed by atoms with Crippen LogP contribution in [0.3, 0.4) is 0 Å². The van der Waals surface area contributed by atoms with E-state index in [-0.39, 0.29) is 16.6 Å². The Morgan fingerprint density at radius 2 is 1.32 bits per heavy atom. The summed E-state index contributed by atoms with van der Waals surface area (Å²) in [5, 5.41) is 12.5. The Kier molecular flexibility index (Phi) is 7.52. The van der Waals surface area contributed by atoms with Crippen LogP contribution in [0.1, 0.15) is 52.7 Å². The van der Waals surface area contributed by atoms with Crippen molar-refractivity contribution in [3.63, 3.8) is 0 Å². The molecule has 2 aromatic heterocycles. The van der Waals surface area contributed by atoms with Gasteiger partial charge in [-0.15, -0.1) is 0 Å². The molecule has 0 radical (unpaired) electrons. The fraction of sp³-hybridized carbons (Fsp3) is 0.229. The zero-order valence-corrected chi connectivity index (χ0v) is 24.8.